The van der Waals surface area contributed by atoms with Crippen LogP contribution in [-0.2, 0) is 33.3 Å². The molecular formula is C15H24N4O9. The van der Waals surface area contributed by atoms with E-state index in [0.717, 1.165) is 7.11 Å². The monoisotopic (exact) mass is 404 g/mol. The molecule has 8 atom stereocenters. The number of methoxy groups -OCH3 is 3. The highest BCUT2D eigenvalue weighted by atomic mass is 16.7. The number of hydrogen-bond acceptors (Lipinski definition) is 10. The van der Waals surface area contributed by atoms with Crippen molar-refractivity contribution in [2.24, 2.45) is 5.11 Å². The number of ether oxygens (including phenoxy) is 5. The fraction of sp³-hybridized carbons (Fsp3) is 0.867. The normalized spacial score (nSPS) is 38.2. The summed E-state index contributed by atoms with van der Waals surface area (Å²) >= 11 is 0. The van der Waals surface area contributed by atoms with Gasteiger partial charge in [-0.05, 0) is 5.53 Å². The van der Waals surface area contributed by atoms with E-state index in [1.807, 2.05) is 0 Å². The van der Waals surface area contributed by atoms with Gasteiger partial charge in [-0.15, -0.1) is 0 Å². The second kappa shape index (κ2) is 9.98. The fourth-order valence-corrected chi connectivity index (χ4v) is 3.12. The Bertz CT molecular complexity index is 614. The number of esters is 1. The van der Waals surface area contributed by atoms with Crippen LogP contribution in [0.1, 0.15) is 12.8 Å². The molecule has 2 rings (SSSR count). The lowest BCUT2D eigenvalue weighted by Gasteiger charge is -2.40. The molecule has 3 N–H and O–H groups in total. The summed E-state index contributed by atoms with van der Waals surface area (Å²) in [5.41, 5.74) is 8.64. The molecule has 0 bridgehead atoms. The number of azide groups is 1. The van der Waals surface area contributed by atoms with Crippen LogP contribution >= 0.6 is 0 Å². The van der Waals surface area contributed by atoms with Crippen molar-refractivity contribution in [1.82, 2.24) is 5.32 Å². The quantitative estimate of drug-likeness (QED) is 0.207. The van der Waals surface area contributed by atoms with Gasteiger partial charge in [0.1, 0.15) is 6.10 Å². The lowest BCUT2D eigenvalue weighted by atomic mass is 9.95. The molecule has 0 radical (unpaired) electrons. The van der Waals surface area contributed by atoms with Crippen LogP contribution in [0.3, 0.4) is 0 Å². The summed E-state index contributed by atoms with van der Waals surface area (Å²) in [7, 11) is 3.82. The standard InChI is InChI=1S/C15H24N4O9/c1-24-8-4-6(10(20)13(28-8)15(23)26-3)17-14(22)12-11(21)7(18-19-16)5-9(25-2)27-12/h6-13,20-21H,4-5H2,1-3H3,(H,17,22)/t6-,7-,8-,9-,10-,11-,12-,13-/m0/s1. The summed E-state index contributed by atoms with van der Waals surface area (Å²) in [5, 5.41) is 26.7. The van der Waals surface area contributed by atoms with E-state index in [-0.39, 0.29) is 12.8 Å². The van der Waals surface area contributed by atoms with Crippen molar-refractivity contribution in [2.75, 3.05) is 21.3 Å². The van der Waals surface area contributed by atoms with E-state index in [1.54, 1.807) is 0 Å². The van der Waals surface area contributed by atoms with Crippen LogP contribution in [0.4, 0.5) is 0 Å². The highest BCUT2D eigenvalue weighted by Gasteiger charge is 2.46. The molecule has 158 valence electrons. The third kappa shape index (κ3) is 4.89. The highest BCUT2D eigenvalue weighted by molar-refractivity contribution is 5.82. The average molecular weight is 404 g/mol. The van der Waals surface area contributed by atoms with E-state index < -0.39 is 61.0 Å². The molecule has 2 aliphatic heterocycles. The molecule has 0 aromatic heterocycles. The molecule has 0 aromatic rings. The first-order valence-corrected chi connectivity index (χ1v) is 8.51. The zero-order valence-electron chi connectivity index (χ0n) is 15.6. The van der Waals surface area contributed by atoms with Gasteiger partial charge in [0, 0.05) is 32.0 Å². The highest BCUT2D eigenvalue weighted by Crippen LogP contribution is 2.26. The van der Waals surface area contributed by atoms with Gasteiger partial charge in [0.25, 0.3) is 5.91 Å². The Balaban J connectivity index is 2.14. The molecule has 0 unspecified atom stereocenters. The van der Waals surface area contributed by atoms with Gasteiger partial charge < -0.3 is 39.2 Å². The number of rotatable bonds is 6. The van der Waals surface area contributed by atoms with E-state index >= 15 is 0 Å². The van der Waals surface area contributed by atoms with Crippen LogP contribution in [0, 0.1) is 0 Å². The van der Waals surface area contributed by atoms with E-state index in [9.17, 15) is 19.8 Å². The van der Waals surface area contributed by atoms with Crippen molar-refractivity contribution in [3.05, 3.63) is 10.4 Å². The Kier molecular flexibility index (Phi) is 7.95. The molecule has 2 fully saturated rings. The summed E-state index contributed by atoms with van der Waals surface area (Å²) in [4.78, 5) is 27.2. The maximum absolute atomic E-state index is 12.7. The maximum Gasteiger partial charge on any atom is 0.337 e. The van der Waals surface area contributed by atoms with Gasteiger partial charge in [0.15, 0.2) is 24.8 Å². The minimum absolute atomic E-state index is 0.0349. The molecule has 1 amide bonds. The average Bonchev–Trinajstić information content (AvgIpc) is 2.70. The number of hydrogen-bond donors (Lipinski definition) is 3. The third-order valence-corrected chi connectivity index (χ3v) is 4.65. The lowest BCUT2D eigenvalue weighted by molar-refractivity contribution is -0.232. The number of carbonyl (C=O) groups is 2. The summed E-state index contributed by atoms with van der Waals surface area (Å²) in [6.07, 6.45) is -7.27. The fourth-order valence-electron chi connectivity index (χ4n) is 3.12. The van der Waals surface area contributed by atoms with Crippen LogP contribution in [0.15, 0.2) is 5.11 Å². The number of aliphatic hydroxyl groups excluding tert-OH is 2. The largest absolute Gasteiger partial charge is 0.467 e. The Morgan fingerprint density at radius 1 is 1.07 bits per heavy atom. The van der Waals surface area contributed by atoms with Gasteiger partial charge in [0.2, 0.25) is 0 Å². The van der Waals surface area contributed by atoms with Gasteiger partial charge in [-0.3, -0.25) is 4.79 Å². The number of carbonyl (C=O) groups excluding carboxylic acids is 2. The van der Waals surface area contributed by atoms with E-state index in [2.05, 4.69) is 20.1 Å². The molecule has 13 heteroatoms. The van der Waals surface area contributed by atoms with Gasteiger partial charge >= 0.3 is 5.97 Å². The lowest BCUT2D eigenvalue weighted by Crippen LogP contribution is -2.62. The predicted octanol–water partition coefficient (Wildman–Crippen LogP) is -1.43. The van der Waals surface area contributed by atoms with Crippen LogP contribution in [0.25, 0.3) is 10.4 Å². The molecule has 13 nitrogen and oxygen atoms in total. The summed E-state index contributed by atoms with van der Waals surface area (Å²) < 4.78 is 25.4. The van der Waals surface area contributed by atoms with E-state index in [0.29, 0.717) is 0 Å². The number of nitrogens with one attached hydrogen (secondary N) is 1. The Morgan fingerprint density at radius 3 is 2.25 bits per heavy atom. The minimum atomic E-state index is -1.42. The number of amides is 1. The van der Waals surface area contributed by atoms with Crippen molar-refractivity contribution in [3.8, 4) is 0 Å². The topological polar surface area (TPSA) is 182 Å². The third-order valence-electron chi connectivity index (χ3n) is 4.65. The Morgan fingerprint density at radius 2 is 1.68 bits per heavy atom. The van der Waals surface area contributed by atoms with E-state index in [4.69, 9.17) is 24.5 Å². The number of aliphatic hydroxyl groups is 2. The molecule has 28 heavy (non-hydrogen) atoms. The molecule has 2 aliphatic rings. The molecule has 2 saturated heterocycles. The zero-order valence-corrected chi connectivity index (χ0v) is 15.6. The SMILES string of the molecule is COC(=O)[C@H]1O[C@H](OC)C[C@H](NC(=O)[C@H]2O[C@H](OC)C[C@H](N=[N+]=[N-])[C@@H]2O)[C@@H]1O. The smallest absolute Gasteiger partial charge is 0.337 e. The van der Waals surface area contributed by atoms with Gasteiger partial charge in [-0.1, -0.05) is 5.11 Å². The van der Waals surface area contributed by atoms with Crippen molar-refractivity contribution < 1.29 is 43.5 Å². The zero-order chi connectivity index (χ0) is 20.8. The van der Waals surface area contributed by atoms with Crippen LogP contribution in [0.2, 0.25) is 0 Å². The maximum atomic E-state index is 12.7. The second-order valence-corrected chi connectivity index (χ2v) is 6.31. The van der Waals surface area contributed by atoms with Crippen LogP contribution < -0.4 is 5.32 Å². The molecule has 0 saturated carbocycles. The van der Waals surface area contributed by atoms with Crippen molar-refractivity contribution in [3.63, 3.8) is 0 Å². The predicted molar refractivity (Wildman–Crippen MR) is 89.5 cm³/mol. The van der Waals surface area contributed by atoms with Crippen molar-refractivity contribution in [2.45, 2.75) is 61.9 Å². The first kappa shape index (κ1) is 22.3. The summed E-state index contributed by atoms with van der Waals surface area (Å²) in [6.45, 7) is 0. The first-order valence-electron chi connectivity index (χ1n) is 8.51. The molecule has 0 aliphatic carbocycles. The van der Waals surface area contributed by atoms with Crippen molar-refractivity contribution >= 4 is 11.9 Å². The van der Waals surface area contributed by atoms with Crippen molar-refractivity contribution in [1.29, 1.82) is 0 Å². The molecular weight excluding hydrogens is 380 g/mol. The van der Waals surface area contributed by atoms with Crippen LogP contribution in [0.5, 0.6) is 0 Å². The minimum Gasteiger partial charge on any atom is -0.467 e. The van der Waals surface area contributed by atoms with Gasteiger partial charge in [-0.25, -0.2) is 4.79 Å². The Labute approximate surface area is 160 Å². The summed E-state index contributed by atoms with van der Waals surface area (Å²) in [5.74, 6) is -1.61. The van der Waals surface area contributed by atoms with Crippen LogP contribution in [-0.4, -0.2) is 92.5 Å². The number of nitrogens with zero attached hydrogens (tertiary/aromatic N) is 3. The summed E-state index contributed by atoms with van der Waals surface area (Å²) in [6, 6.07) is -1.89. The van der Waals surface area contributed by atoms with Gasteiger partial charge in [-0.2, -0.15) is 0 Å². The van der Waals surface area contributed by atoms with Gasteiger partial charge in [0.05, 0.1) is 25.3 Å². The Hall–Kier alpha value is -1.99. The molecule has 2 heterocycles. The second-order valence-electron chi connectivity index (χ2n) is 6.31. The molecule has 0 aromatic carbocycles. The molecule has 0 spiro atoms. The first-order chi connectivity index (χ1) is 13.4. The van der Waals surface area contributed by atoms with E-state index in [1.165, 1.54) is 14.2 Å².